The fourth-order valence-corrected chi connectivity index (χ4v) is 3.30. The minimum atomic E-state index is -4.03. The molecule has 0 saturated heterocycles. The maximum Gasteiger partial charge on any atom is 0.244 e. The number of nitrogens with one attached hydrogen (secondary N) is 2. The zero-order valence-electron chi connectivity index (χ0n) is 11.7. The van der Waals surface area contributed by atoms with Gasteiger partial charge in [-0.05, 0) is 31.0 Å². The second-order valence-corrected chi connectivity index (χ2v) is 6.38. The van der Waals surface area contributed by atoms with Crippen LogP contribution in [0.15, 0.2) is 29.4 Å². The summed E-state index contributed by atoms with van der Waals surface area (Å²) in [7, 11) is -4.03. The highest BCUT2D eigenvalue weighted by Gasteiger charge is 2.25. The van der Waals surface area contributed by atoms with Gasteiger partial charge in [-0.15, -0.1) is 0 Å². The Morgan fingerprint density at radius 1 is 1.48 bits per heavy atom. The Labute approximate surface area is 122 Å². The molecule has 2 aromatic rings. The second-order valence-electron chi connectivity index (χ2n) is 4.70. The Kier molecular flexibility index (Phi) is 4.29. The van der Waals surface area contributed by atoms with Gasteiger partial charge in [-0.3, -0.25) is 0 Å². The van der Waals surface area contributed by atoms with E-state index in [0.717, 1.165) is 12.1 Å². The molecular formula is C13H17FN4O2S. The molecule has 1 atom stereocenters. The predicted molar refractivity (Wildman–Crippen MR) is 77.5 cm³/mol. The minimum absolute atomic E-state index is 0.225. The quantitative estimate of drug-likeness (QED) is 0.734. The van der Waals surface area contributed by atoms with E-state index in [0.29, 0.717) is 17.8 Å². The smallest absolute Gasteiger partial charge is 0.244 e. The highest BCUT2D eigenvalue weighted by molar-refractivity contribution is 7.89. The molecule has 0 aliphatic carbocycles. The Hall–Kier alpha value is -1.93. The Morgan fingerprint density at radius 3 is 2.76 bits per heavy atom. The van der Waals surface area contributed by atoms with Crippen LogP contribution in [-0.4, -0.2) is 18.4 Å². The normalized spacial score (nSPS) is 13.3. The van der Waals surface area contributed by atoms with Gasteiger partial charge in [-0.25, -0.2) is 22.5 Å². The summed E-state index contributed by atoms with van der Waals surface area (Å²) in [6.45, 7) is 3.41. The number of aromatic nitrogens is 2. The topological polar surface area (TPSA) is 101 Å². The summed E-state index contributed by atoms with van der Waals surface area (Å²) in [5, 5.41) is 0. The van der Waals surface area contributed by atoms with E-state index in [1.165, 1.54) is 6.20 Å². The van der Waals surface area contributed by atoms with Crippen LogP contribution in [0.4, 0.5) is 10.1 Å². The number of nitrogens with zero attached hydrogens (tertiary/aromatic N) is 1. The van der Waals surface area contributed by atoms with E-state index in [4.69, 9.17) is 5.73 Å². The highest BCUT2D eigenvalue weighted by atomic mass is 32.2. The predicted octanol–water partition coefficient (Wildman–Crippen LogP) is 1.87. The molecule has 4 N–H and O–H groups in total. The van der Waals surface area contributed by atoms with Crippen LogP contribution in [0.5, 0.6) is 0 Å². The number of nitrogens with two attached hydrogens (primary N) is 1. The van der Waals surface area contributed by atoms with Gasteiger partial charge in [0.1, 0.15) is 16.5 Å². The first kappa shape index (κ1) is 15.5. The molecule has 0 bridgehead atoms. The standard InChI is InChI=1S/C13H17FN4O2S/c1-3-11(13-16-4-5-17-13)18-21(19,20)12-7-10(15)8(2)6-9(12)14/h4-7,11,18H,3,15H2,1-2H3,(H,16,17). The van der Waals surface area contributed by atoms with E-state index < -0.39 is 26.8 Å². The van der Waals surface area contributed by atoms with Crippen molar-refractivity contribution in [1.29, 1.82) is 0 Å². The third kappa shape index (κ3) is 3.22. The fourth-order valence-electron chi connectivity index (χ4n) is 1.93. The molecule has 0 saturated carbocycles. The van der Waals surface area contributed by atoms with E-state index in [2.05, 4.69) is 14.7 Å². The summed E-state index contributed by atoms with van der Waals surface area (Å²) in [6.07, 6.45) is 3.59. The van der Waals surface area contributed by atoms with Crippen LogP contribution in [0.25, 0.3) is 0 Å². The number of benzene rings is 1. The van der Waals surface area contributed by atoms with E-state index in [-0.39, 0.29) is 5.69 Å². The van der Waals surface area contributed by atoms with Gasteiger partial charge in [0.05, 0.1) is 6.04 Å². The van der Waals surface area contributed by atoms with Gasteiger partial charge in [0.25, 0.3) is 0 Å². The van der Waals surface area contributed by atoms with Gasteiger partial charge in [0.2, 0.25) is 10.0 Å². The van der Waals surface area contributed by atoms with Crippen molar-refractivity contribution in [2.45, 2.75) is 31.2 Å². The number of imidazole rings is 1. The molecule has 1 aromatic carbocycles. The summed E-state index contributed by atoms with van der Waals surface area (Å²) >= 11 is 0. The van der Waals surface area contributed by atoms with E-state index in [1.807, 2.05) is 0 Å². The van der Waals surface area contributed by atoms with Crippen molar-refractivity contribution in [3.05, 3.63) is 41.7 Å². The van der Waals surface area contributed by atoms with Crippen LogP contribution < -0.4 is 10.5 Å². The maximum atomic E-state index is 13.9. The summed E-state index contributed by atoms with van der Waals surface area (Å²) in [4.78, 5) is 6.40. The number of halogens is 1. The van der Waals surface area contributed by atoms with Crippen LogP contribution in [0.2, 0.25) is 0 Å². The van der Waals surface area contributed by atoms with Crippen molar-refractivity contribution in [1.82, 2.24) is 14.7 Å². The lowest BCUT2D eigenvalue weighted by atomic mass is 10.2. The molecule has 2 rings (SSSR count). The third-order valence-electron chi connectivity index (χ3n) is 3.17. The largest absolute Gasteiger partial charge is 0.398 e. The lowest BCUT2D eigenvalue weighted by molar-refractivity contribution is 0.527. The van der Waals surface area contributed by atoms with Crippen molar-refractivity contribution < 1.29 is 12.8 Å². The summed E-state index contributed by atoms with van der Waals surface area (Å²) in [6, 6.07) is 1.67. The molecule has 1 heterocycles. The van der Waals surface area contributed by atoms with Crippen molar-refractivity contribution >= 4 is 15.7 Å². The highest BCUT2D eigenvalue weighted by Crippen LogP contribution is 2.23. The number of H-pyrrole nitrogens is 1. The third-order valence-corrected chi connectivity index (χ3v) is 4.65. The molecule has 0 aliphatic heterocycles. The Balaban J connectivity index is 2.36. The maximum absolute atomic E-state index is 13.9. The summed E-state index contributed by atoms with van der Waals surface area (Å²) in [5.74, 6) is -0.356. The molecule has 0 spiro atoms. The molecule has 1 unspecified atom stereocenters. The SMILES string of the molecule is CCC(NS(=O)(=O)c1cc(N)c(C)cc1F)c1ncc[nH]1. The molecule has 21 heavy (non-hydrogen) atoms. The zero-order chi connectivity index (χ0) is 15.6. The molecular weight excluding hydrogens is 295 g/mol. The van der Waals surface area contributed by atoms with Crippen LogP contribution in [0.3, 0.4) is 0 Å². The first-order valence-electron chi connectivity index (χ1n) is 6.42. The van der Waals surface area contributed by atoms with Gasteiger partial charge in [0, 0.05) is 18.1 Å². The first-order chi connectivity index (χ1) is 9.85. The molecule has 6 nitrogen and oxygen atoms in total. The first-order valence-corrected chi connectivity index (χ1v) is 7.90. The van der Waals surface area contributed by atoms with Gasteiger partial charge in [0.15, 0.2) is 0 Å². The number of aryl methyl sites for hydroxylation is 1. The fraction of sp³-hybridized carbons (Fsp3) is 0.308. The van der Waals surface area contributed by atoms with Gasteiger partial charge in [-0.2, -0.15) is 0 Å². The van der Waals surface area contributed by atoms with Crippen LogP contribution >= 0.6 is 0 Å². The molecule has 114 valence electrons. The van der Waals surface area contributed by atoms with Crippen LogP contribution in [0, 0.1) is 12.7 Å². The number of anilines is 1. The molecule has 0 radical (unpaired) electrons. The second kappa shape index (κ2) is 5.82. The Bertz CT molecular complexity index is 729. The van der Waals surface area contributed by atoms with Gasteiger partial charge >= 0.3 is 0 Å². The molecule has 0 fully saturated rings. The summed E-state index contributed by atoms with van der Waals surface area (Å²) in [5.41, 5.74) is 6.38. The lowest BCUT2D eigenvalue weighted by Gasteiger charge is -2.16. The average molecular weight is 312 g/mol. The minimum Gasteiger partial charge on any atom is -0.398 e. The molecule has 0 aliphatic rings. The monoisotopic (exact) mass is 312 g/mol. The number of rotatable bonds is 5. The molecule has 0 amide bonds. The Morgan fingerprint density at radius 2 is 2.19 bits per heavy atom. The van der Waals surface area contributed by atoms with E-state index >= 15 is 0 Å². The number of nitrogen functional groups attached to an aromatic ring is 1. The van der Waals surface area contributed by atoms with E-state index in [1.54, 1.807) is 20.0 Å². The average Bonchev–Trinajstić information content (AvgIpc) is 2.94. The summed E-state index contributed by atoms with van der Waals surface area (Å²) < 4.78 is 41.0. The molecule has 1 aromatic heterocycles. The van der Waals surface area contributed by atoms with Crippen molar-refractivity contribution in [2.24, 2.45) is 0 Å². The number of aromatic amines is 1. The number of sulfonamides is 1. The number of hydrogen-bond donors (Lipinski definition) is 3. The van der Waals surface area contributed by atoms with Gasteiger partial charge in [-0.1, -0.05) is 6.92 Å². The van der Waals surface area contributed by atoms with Crippen molar-refractivity contribution in [2.75, 3.05) is 5.73 Å². The van der Waals surface area contributed by atoms with Crippen LogP contribution in [-0.2, 0) is 10.0 Å². The zero-order valence-corrected chi connectivity index (χ0v) is 12.5. The lowest BCUT2D eigenvalue weighted by Crippen LogP contribution is -2.29. The molecule has 8 heteroatoms. The van der Waals surface area contributed by atoms with Gasteiger partial charge < -0.3 is 10.7 Å². The van der Waals surface area contributed by atoms with E-state index in [9.17, 15) is 12.8 Å². The number of hydrogen-bond acceptors (Lipinski definition) is 4. The van der Waals surface area contributed by atoms with Crippen molar-refractivity contribution in [3.63, 3.8) is 0 Å². The van der Waals surface area contributed by atoms with Crippen molar-refractivity contribution in [3.8, 4) is 0 Å². The van der Waals surface area contributed by atoms with Crippen LogP contribution in [0.1, 0.15) is 30.8 Å².